The van der Waals surface area contributed by atoms with Gasteiger partial charge in [-0.15, -0.1) is 0 Å². The second-order valence-electron chi connectivity index (χ2n) is 6.02. The van der Waals surface area contributed by atoms with E-state index in [0.29, 0.717) is 22.6 Å². The maximum Gasteiger partial charge on any atom is 0.335 e. The maximum absolute atomic E-state index is 11.0. The minimum absolute atomic E-state index is 0.169. The van der Waals surface area contributed by atoms with Crippen LogP contribution in [0.5, 0.6) is 5.75 Å². The molecule has 1 aromatic heterocycles. The van der Waals surface area contributed by atoms with Gasteiger partial charge in [-0.1, -0.05) is 17.3 Å². The molecule has 3 aromatic rings. The molecule has 2 aromatic carbocycles. The lowest BCUT2D eigenvalue weighted by molar-refractivity contribution is 0.0696. The number of hydrogen-bond donors (Lipinski definition) is 2. The van der Waals surface area contributed by atoms with E-state index in [9.17, 15) is 9.90 Å². The number of benzene rings is 2. The zero-order chi connectivity index (χ0) is 18.8. The highest BCUT2D eigenvalue weighted by Gasteiger charge is 2.18. The van der Waals surface area contributed by atoms with Crippen molar-refractivity contribution in [1.82, 2.24) is 5.16 Å². The van der Waals surface area contributed by atoms with Crippen molar-refractivity contribution in [3.63, 3.8) is 0 Å². The second-order valence-corrected chi connectivity index (χ2v) is 6.02. The van der Waals surface area contributed by atoms with Crippen LogP contribution in [0.15, 0.2) is 47.0 Å². The summed E-state index contributed by atoms with van der Waals surface area (Å²) in [4.78, 5) is 11.0. The maximum atomic E-state index is 11.0. The average Bonchev–Trinajstić information content (AvgIpc) is 2.99. The Morgan fingerprint density at radius 1 is 1.12 bits per heavy atom. The van der Waals surface area contributed by atoms with Crippen LogP contribution in [-0.2, 0) is 0 Å². The van der Waals surface area contributed by atoms with Gasteiger partial charge in [-0.2, -0.15) is 0 Å². The molecule has 1 unspecified atom stereocenters. The minimum Gasteiger partial charge on any atom is -0.497 e. The van der Waals surface area contributed by atoms with Gasteiger partial charge in [0.25, 0.3) is 0 Å². The van der Waals surface area contributed by atoms with Crippen molar-refractivity contribution in [2.24, 2.45) is 0 Å². The van der Waals surface area contributed by atoms with Crippen molar-refractivity contribution in [3.05, 3.63) is 70.6 Å². The Bertz CT molecular complexity index is 924. The fourth-order valence-corrected chi connectivity index (χ4v) is 2.94. The van der Waals surface area contributed by atoms with Crippen molar-refractivity contribution in [2.45, 2.75) is 20.0 Å². The van der Waals surface area contributed by atoms with E-state index in [-0.39, 0.29) is 5.56 Å². The van der Waals surface area contributed by atoms with Crippen LogP contribution in [0.1, 0.15) is 39.0 Å². The second kappa shape index (κ2) is 7.01. The number of aromatic nitrogens is 1. The molecule has 26 heavy (non-hydrogen) atoms. The van der Waals surface area contributed by atoms with Gasteiger partial charge in [0, 0.05) is 5.56 Å². The quantitative estimate of drug-likeness (QED) is 0.726. The number of hydrogen-bond acceptors (Lipinski definition) is 5. The van der Waals surface area contributed by atoms with Crippen LogP contribution in [-0.4, -0.2) is 28.4 Å². The molecule has 2 N–H and O–H groups in total. The summed E-state index contributed by atoms with van der Waals surface area (Å²) in [6, 6.07) is 11.6. The average molecular weight is 353 g/mol. The lowest BCUT2D eigenvalue weighted by atomic mass is 9.95. The standard InChI is InChI=1S/C20H19NO5/c1-11-18(12(2)26-21-11)15-8-16(10-17(9-15)25-3)19(22)13-4-6-14(7-5-13)20(23)24/h4-10,19,22H,1-3H3,(H,23,24). The number of rotatable bonds is 5. The highest BCUT2D eigenvalue weighted by molar-refractivity contribution is 5.87. The Kier molecular flexibility index (Phi) is 4.77. The van der Waals surface area contributed by atoms with E-state index in [1.165, 1.54) is 12.1 Å². The van der Waals surface area contributed by atoms with E-state index < -0.39 is 12.1 Å². The third kappa shape index (κ3) is 3.32. The lowest BCUT2D eigenvalue weighted by Gasteiger charge is -2.15. The first kappa shape index (κ1) is 17.7. The van der Waals surface area contributed by atoms with E-state index in [4.69, 9.17) is 14.4 Å². The van der Waals surface area contributed by atoms with Crippen LogP contribution >= 0.6 is 0 Å². The van der Waals surface area contributed by atoms with Crippen molar-refractivity contribution in [1.29, 1.82) is 0 Å². The predicted molar refractivity (Wildman–Crippen MR) is 95.4 cm³/mol. The Hall–Kier alpha value is -3.12. The molecule has 0 fully saturated rings. The number of carbonyl (C=O) groups is 1. The van der Waals surface area contributed by atoms with Gasteiger partial charge in [-0.05, 0) is 60.9 Å². The SMILES string of the molecule is COc1cc(-c2c(C)noc2C)cc(C(O)c2ccc(C(=O)O)cc2)c1. The predicted octanol–water partition coefficient (Wildman–Crippen LogP) is 3.75. The number of ether oxygens (including phenoxy) is 1. The molecule has 0 bridgehead atoms. The van der Waals surface area contributed by atoms with Crippen LogP contribution in [0.3, 0.4) is 0 Å². The van der Waals surface area contributed by atoms with Gasteiger partial charge >= 0.3 is 5.97 Å². The molecule has 6 nitrogen and oxygen atoms in total. The number of nitrogens with zero attached hydrogens (tertiary/aromatic N) is 1. The van der Waals surface area contributed by atoms with E-state index in [2.05, 4.69) is 5.16 Å². The highest BCUT2D eigenvalue weighted by atomic mass is 16.5. The zero-order valence-corrected chi connectivity index (χ0v) is 14.7. The van der Waals surface area contributed by atoms with Crippen molar-refractivity contribution >= 4 is 5.97 Å². The molecule has 0 saturated heterocycles. The summed E-state index contributed by atoms with van der Waals surface area (Å²) in [5.74, 6) is 0.272. The van der Waals surface area contributed by atoms with Gasteiger partial charge < -0.3 is 19.5 Å². The largest absolute Gasteiger partial charge is 0.497 e. The Labute approximate surface area is 150 Å². The minimum atomic E-state index is -1.01. The molecule has 6 heteroatoms. The Morgan fingerprint density at radius 2 is 1.81 bits per heavy atom. The van der Waals surface area contributed by atoms with Gasteiger partial charge in [-0.25, -0.2) is 4.79 Å². The van der Waals surface area contributed by atoms with Crippen LogP contribution in [0.25, 0.3) is 11.1 Å². The summed E-state index contributed by atoms with van der Waals surface area (Å²) in [5.41, 5.74) is 3.83. The van der Waals surface area contributed by atoms with Gasteiger partial charge in [0.1, 0.15) is 17.6 Å². The number of carboxylic acid groups (broad SMARTS) is 1. The molecule has 1 heterocycles. The van der Waals surface area contributed by atoms with Crippen molar-refractivity contribution in [3.8, 4) is 16.9 Å². The van der Waals surface area contributed by atoms with E-state index in [1.54, 1.807) is 25.3 Å². The van der Waals surface area contributed by atoms with E-state index in [1.807, 2.05) is 26.0 Å². The van der Waals surface area contributed by atoms with Crippen LogP contribution in [0.4, 0.5) is 0 Å². The first-order valence-corrected chi connectivity index (χ1v) is 8.04. The summed E-state index contributed by atoms with van der Waals surface area (Å²) >= 11 is 0. The van der Waals surface area contributed by atoms with Gasteiger partial charge in [-0.3, -0.25) is 0 Å². The number of methoxy groups -OCH3 is 1. The molecular formula is C20H19NO5. The van der Waals surface area contributed by atoms with Gasteiger partial charge in [0.05, 0.1) is 18.4 Å². The molecular weight excluding hydrogens is 334 g/mol. The van der Waals surface area contributed by atoms with Gasteiger partial charge in [0.15, 0.2) is 0 Å². The molecule has 0 radical (unpaired) electrons. The Balaban J connectivity index is 2.04. The summed E-state index contributed by atoms with van der Waals surface area (Å²) in [7, 11) is 1.56. The van der Waals surface area contributed by atoms with Crippen LogP contribution < -0.4 is 4.74 Å². The molecule has 0 saturated carbocycles. The molecule has 0 spiro atoms. The lowest BCUT2D eigenvalue weighted by Crippen LogP contribution is -2.02. The third-order valence-electron chi connectivity index (χ3n) is 4.28. The molecule has 0 amide bonds. The summed E-state index contributed by atoms with van der Waals surface area (Å²) < 4.78 is 10.6. The number of aliphatic hydroxyl groups excluding tert-OH is 1. The monoisotopic (exact) mass is 353 g/mol. The van der Waals surface area contributed by atoms with Gasteiger partial charge in [0.2, 0.25) is 0 Å². The van der Waals surface area contributed by atoms with Crippen LogP contribution in [0.2, 0.25) is 0 Å². The number of carboxylic acids is 1. The number of aromatic carboxylic acids is 1. The third-order valence-corrected chi connectivity index (χ3v) is 4.28. The normalized spacial score (nSPS) is 12.0. The first-order chi connectivity index (χ1) is 12.4. The van der Waals surface area contributed by atoms with Crippen LogP contribution in [0, 0.1) is 13.8 Å². The molecule has 134 valence electrons. The van der Waals surface area contributed by atoms with E-state index >= 15 is 0 Å². The van der Waals surface area contributed by atoms with Crippen molar-refractivity contribution < 1.29 is 24.3 Å². The molecule has 3 rings (SSSR count). The Morgan fingerprint density at radius 3 is 2.35 bits per heavy atom. The molecule has 0 aliphatic heterocycles. The summed E-state index contributed by atoms with van der Waals surface area (Å²) in [5, 5.41) is 23.7. The molecule has 1 atom stereocenters. The first-order valence-electron chi connectivity index (χ1n) is 8.04. The summed E-state index contributed by atoms with van der Waals surface area (Å²) in [6.45, 7) is 3.68. The fraction of sp³-hybridized carbons (Fsp3) is 0.200. The van der Waals surface area contributed by atoms with E-state index in [0.717, 1.165) is 16.8 Å². The smallest absolute Gasteiger partial charge is 0.335 e. The fourth-order valence-electron chi connectivity index (χ4n) is 2.94. The van der Waals surface area contributed by atoms with Crippen molar-refractivity contribution in [2.75, 3.05) is 7.11 Å². The number of aryl methyl sites for hydroxylation is 2. The zero-order valence-electron chi connectivity index (χ0n) is 14.7. The molecule has 0 aliphatic carbocycles. The number of aliphatic hydroxyl groups is 1. The highest BCUT2D eigenvalue weighted by Crippen LogP contribution is 2.34. The molecule has 0 aliphatic rings. The summed E-state index contributed by atoms with van der Waals surface area (Å²) in [6.07, 6.45) is -0.924. The topological polar surface area (TPSA) is 92.8 Å².